The maximum absolute atomic E-state index is 16.2. The van der Waals surface area contributed by atoms with Gasteiger partial charge in [0.15, 0.2) is 34.3 Å². The number of thioether (sulfide) groups is 1. The van der Waals surface area contributed by atoms with Gasteiger partial charge in [-0.2, -0.15) is 0 Å². The van der Waals surface area contributed by atoms with Gasteiger partial charge in [0.05, 0.1) is 40.8 Å². The number of carboxylic acids is 1. The van der Waals surface area contributed by atoms with Gasteiger partial charge in [-0.05, 0) is 110 Å². The number of halogens is 2. The van der Waals surface area contributed by atoms with Crippen LogP contribution in [0.2, 0.25) is 10.0 Å². The Balaban J connectivity index is 1.16. The van der Waals surface area contributed by atoms with E-state index in [0.29, 0.717) is 4.34 Å². The zero-order valence-corrected chi connectivity index (χ0v) is 60.3. The number of aliphatic hydroxyl groups excluding tert-OH is 5. The van der Waals surface area contributed by atoms with E-state index < -0.39 is 225 Å². The lowest BCUT2D eigenvalue weighted by Crippen LogP contribution is -2.64. The molecule has 6 aromatic rings. The number of phenolic OH excluding ortho intramolecular Hbond substituents is 3. The van der Waals surface area contributed by atoms with E-state index in [9.17, 15) is 69.9 Å². The molecule has 8 heterocycles. The minimum Gasteiger partial charge on any atom is -0.508 e. The number of carbonyl (C=O) groups excluding carboxylic acids is 7. The molecule has 0 spiro atoms. The van der Waals surface area contributed by atoms with Crippen LogP contribution < -0.4 is 68.6 Å². The van der Waals surface area contributed by atoms with E-state index in [2.05, 4.69) is 47.4 Å². The van der Waals surface area contributed by atoms with Crippen molar-refractivity contribution in [2.45, 2.75) is 161 Å². The van der Waals surface area contributed by atoms with Crippen LogP contribution in [0.25, 0.3) is 11.1 Å². The van der Waals surface area contributed by atoms with Gasteiger partial charge in [-0.3, -0.25) is 33.6 Å². The predicted octanol–water partition coefficient (Wildman–Crippen LogP) is 1.34. The van der Waals surface area contributed by atoms with Gasteiger partial charge < -0.3 is 129 Å². The van der Waals surface area contributed by atoms with Crippen molar-refractivity contribution in [1.82, 2.24) is 47.4 Å². The van der Waals surface area contributed by atoms with Crippen molar-refractivity contribution >= 4 is 98.8 Å². The standard InChI is InChI=1S/C68H76Cl2N12O23S2/c1-23(2)12-34(74-5)58(92)79-49-51(87)26-7-10-38(32(69)14-26)101-40-16-28-17-41(55(40)105-65-56(104-44-21-68(4,73)57(91)24(3)100-44)54(90)53(89)42(103-65)22-106-67-82-81-66(72)107-67)102-39-11-8-27(15-33(39)70)52(88)50-63(97)78-48(64(98)99)31-18-29(83)19-37(85)45(31)30-13-25(6-9-36(30)84)46(60(94)80-50)77-61(95)47(28)76-59(93)35(20-43(71)86)75-62(49)96/h6-11,13-19,23-24,34-35,42,44,46-54,56-57,65,74,83-85,87-91H,12,20-22,73H2,1-5H3,(H2,71,86)(H2,72,81)(H,75,96)(H,76,93)(H,77,95)(H,78,97)(H,79,92)(H,80,94)(H,98,99)/t24?,34-,35-,42?,44?,46+,47+,48+,49+,50-,51+,52+,53?,54?,56?,57?,65?,68?/m0/s1. The first-order valence-corrected chi connectivity index (χ1v) is 35.7. The third kappa shape index (κ3) is 17.1. The Labute approximate surface area is 626 Å². The number of anilines is 1. The summed E-state index contributed by atoms with van der Waals surface area (Å²) in [5.74, 6) is -16.1. The number of aromatic nitrogens is 2. The fourth-order valence-corrected chi connectivity index (χ4v) is 15.1. The number of aliphatic hydroxyl groups is 5. The summed E-state index contributed by atoms with van der Waals surface area (Å²) in [6.45, 7) is 6.68. The summed E-state index contributed by atoms with van der Waals surface area (Å²) < 4.78 is 39.7. The van der Waals surface area contributed by atoms with Crippen LogP contribution in [0.5, 0.6) is 46.0 Å². The Morgan fingerprint density at radius 2 is 1.37 bits per heavy atom. The highest BCUT2D eigenvalue weighted by atomic mass is 35.5. The number of hydrogen-bond acceptors (Lipinski definition) is 29. The van der Waals surface area contributed by atoms with Gasteiger partial charge in [0.1, 0.15) is 83.4 Å². The highest BCUT2D eigenvalue weighted by Crippen LogP contribution is 2.50. The van der Waals surface area contributed by atoms with Gasteiger partial charge in [-0.1, -0.05) is 78.3 Å². The molecule has 0 radical (unpaired) electrons. The molecule has 107 heavy (non-hydrogen) atoms. The number of ether oxygens (including phenoxy) is 6. The average Bonchev–Trinajstić information content (AvgIpc) is 0.971. The second kappa shape index (κ2) is 32.2. The number of likely N-dealkylation sites (N-methyl/N-ethyl adjacent to an activating group) is 1. The number of nitrogens with zero attached hydrogens (tertiary/aromatic N) is 2. The summed E-state index contributed by atoms with van der Waals surface area (Å²) in [5, 5.41) is 130. The molecule has 7 aliphatic rings. The quantitative estimate of drug-likeness (QED) is 0.0645. The fourth-order valence-electron chi connectivity index (χ4n) is 12.9. The number of amides is 7. The molecule has 35 nitrogen and oxygen atoms in total. The van der Waals surface area contributed by atoms with Gasteiger partial charge in [0.2, 0.25) is 58.5 Å². The molecule has 22 N–H and O–H groups in total. The maximum Gasteiger partial charge on any atom is 0.330 e. The lowest BCUT2D eigenvalue weighted by molar-refractivity contribution is -0.329. The van der Waals surface area contributed by atoms with Crippen LogP contribution in [0.1, 0.15) is 105 Å². The van der Waals surface area contributed by atoms with Crippen LogP contribution in [0.3, 0.4) is 0 Å². The SMILES string of the molecule is CN[C@@H](CC(C)C)C(=O)N[C@H]1C(=O)N[C@@H](CC(N)=O)C(=O)N[C@H]2C(=O)N[C@H]3C(=O)N[C@H](C(=O)N[C@@H](C(=O)O)c4cc(O)cc(O)c4-c4cc3ccc4O)[C@H](O)c3ccc(c(Cl)c3)Oc3cc2cc(c3OC2OC(CSc3nnc(N)s3)C(O)C(O)C2OC2CC(C)(N)C(O)C(C)O2)Oc2ccc(cc2Cl)[C@H]1O. The van der Waals surface area contributed by atoms with Crippen molar-refractivity contribution in [2.75, 3.05) is 18.5 Å². The van der Waals surface area contributed by atoms with E-state index in [1.165, 1.54) is 33.0 Å². The Morgan fingerprint density at radius 3 is 1.97 bits per heavy atom. The first-order valence-electron chi connectivity index (χ1n) is 33.1. The number of primary amides is 1. The van der Waals surface area contributed by atoms with E-state index in [0.717, 1.165) is 89.8 Å². The normalized spacial score (nSPS) is 28.4. The number of nitrogens with two attached hydrogens (primary N) is 3. The van der Waals surface area contributed by atoms with Crippen LogP contribution >= 0.6 is 46.3 Å². The van der Waals surface area contributed by atoms with Gasteiger partial charge >= 0.3 is 5.97 Å². The van der Waals surface area contributed by atoms with Crippen molar-refractivity contribution in [3.63, 3.8) is 0 Å². The first kappa shape index (κ1) is 78.6. The van der Waals surface area contributed by atoms with Gasteiger partial charge in [0, 0.05) is 40.5 Å². The highest BCUT2D eigenvalue weighted by molar-refractivity contribution is 8.01. The van der Waals surface area contributed by atoms with Crippen LogP contribution in [0.4, 0.5) is 5.13 Å². The van der Waals surface area contributed by atoms with Crippen LogP contribution in [0, 0.1) is 5.92 Å². The van der Waals surface area contributed by atoms with Crippen molar-refractivity contribution in [1.29, 1.82) is 0 Å². The third-order valence-corrected chi connectivity index (χ3v) is 21.0. The Morgan fingerprint density at radius 1 is 0.748 bits per heavy atom. The second-order valence-electron chi connectivity index (χ2n) is 26.7. The minimum atomic E-state index is -2.35. The molecule has 5 aromatic carbocycles. The number of nitrogen functional groups attached to an aromatic ring is 1. The summed E-state index contributed by atoms with van der Waals surface area (Å²) in [6.07, 6.45) is -18.1. The first-order chi connectivity index (χ1) is 50.6. The summed E-state index contributed by atoms with van der Waals surface area (Å²) in [5.41, 5.74) is 14.0. The van der Waals surface area contributed by atoms with Crippen LogP contribution in [-0.2, 0) is 52.6 Å². The van der Waals surface area contributed by atoms with Crippen LogP contribution in [-0.4, -0.2) is 195 Å². The number of aromatic hydroxyl groups is 3. The smallest absolute Gasteiger partial charge is 0.330 e. The van der Waals surface area contributed by atoms with E-state index >= 15 is 14.4 Å². The molecule has 7 amide bonds. The van der Waals surface area contributed by atoms with Crippen molar-refractivity contribution in [3.05, 3.63) is 117 Å². The number of hydrogen-bond donors (Lipinski definition) is 19. The number of phenols is 3. The Bertz CT molecular complexity index is 4470. The van der Waals surface area contributed by atoms with E-state index in [1.54, 1.807) is 0 Å². The largest absolute Gasteiger partial charge is 0.508 e. The third-order valence-electron chi connectivity index (χ3n) is 18.4. The van der Waals surface area contributed by atoms with Crippen LogP contribution in [0.15, 0.2) is 83.2 Å². The second-order valence-corrected chi connectivity index (χ2v) is 29.8. The van der Waals surface area contributed by atoms with E-state index in [4.69, 9.17) is 68.8 Å². The number of nitrogens with one attached hydrogen (secondary N) is 7. The zero-order valence-electron chi connectivity index (χ0n) is 57.2. The fraction of sp³-hybridized carbons (Fsp3) is 0.412. The Kier molecular flexibility index (Phi) is 23.6. The molecular formula is C68H76Cl2N12O23S2. The molecule has 0 aliphatic carbocycles. The lowest BCUT2D eigenvalue weighted by Gasteiger charge is -2.47. The lowest BCUT2D eigenvalue weighted by atomic mass is 9.86. The highest BCUT2D eigenvalue weighted by Gasteiger charge is 2.52. The summed E-state index contributed by atoms with van der Waals surface area (Å²) in [7, 11) is 1.48. The molecule has 7 aliphatic heterocycles. The molecule has 39 heteroatoms. The average molecular weight is 1560 g/mol. The topological polar surface area (TPSA) is 562 Å². The molecule has 9 unspecified atom stereocenters. The summed E-state index contributed by atoms with van der Waals surface area (Å²) in [6, 6.07) is -0.506. The molecule has 18 atom stereocenters. The minimum absolute atomic E-state index is 0.0956. The van der Waals surface area contributed by atoms with Gasteiger partial charge in [-0.15, -0.1) is 10.2 Å². The van der Waals surface area contributed by atoms with Crippen molar-refractivity contribution in [2.24, 2.45) is 17.4 Å². The molecule has 2 fully saturated rings. The predicted molar refractivity (Wildman–Crippen MR) is 377 cm³/mol. The van der Waals surface area contributed by atoms with E-state index in [-0.39, 0.29) is 62.9 Å². The number of carbonyl (C=O) groups is 8. The number of benzene rings is 5. The molecule has 0 saturated carbocycles. The number of rotatable bonds is 15. The van der Waals surface area contributed by atoms with Gasteiger partial charge in [0.25, 0.3) is 0 Å². The molecule has 13 rings (SSSR count). The monoisotopic (exact) mass is 1560 g/mol. The molecule has 1 aromatic heterocycles. The van der Waals surface area contributed by atoms with Crippen molar-refractivity contribution < 1.29 is 113 Å². The van der Waals surface area contributed by atoms with E-state index in [1.807, 2.05) is 13.8 Å². The Hall–Kier alpha value is -9.45. The molecular weight excluding hydrogens is 1490 g/mol. The summed E-state index contributed by atoms with van der Waals surface area (Å²) >= 11 is 16.3. The maximum atomic E-state index is 16.2. The molecule has 2 saturated heterocycles. The number of fused-ring (bicyclic) bond motifs is 15. The zero-order chi connectivity index (χ0) is 77.5. The number of carboxylic acid groups (broad SMARTS) is 1. The number of aliphatic carboxylic acids is 1. The van der Waals surface area contributed by atoms with Gasteiger partial charge in [-0.25, -0.2) is 4.79 Å². The van der Waals surface area contributed by atoms with Crippen molar-refractivity contribution in [3.8, 4) is 57.1 Å². The molecule has 11 bridgehead atoms. The summed E-state index contributed by atoms with van der Waals surface area (Å²) in [4.78, 5) is 118. The molecule has 572 valence electrons.